The zero-order valence-corrected chi connectivity index (χ0v) is 11.8. The number of ether oxygens (including phenoxy) is 2. The van der Waals surface area contributed by atoms with Crippen LogP contribution in [0.25, 0.3) is 0 Å². The highest BCUT2D eigenvalue weighted by atomic mass is 35.5. The van der Waals surface area contributed by atoms with Crippen molar-refractivity contribution in [3.8, 4) is 5.75 Å². The Hall–Kier alpha value is -2.00. The molecule has 20 heavy (non-hydrogen) atoms. The standard InChI is InChI=1S/C16H15ClO3/c1-2-19-16(18)15(12-8-4-3-5-9-12)20-14-11-7-6-10-13(14)17/h3-11,15H,2H2,1H3. The molecule has 104 valence electrons. The van der Waals surface area contributed by atoms with Gasteiger partial charge in [0.15, 0.2) is 0 Å². The lowest BCUT2D eigenvalue weighted by Gasteiger charge is -2.18. The monoisotopic (exact) mass is 290 g/mol. The Labute approximate surface area is 123 Å². The first kappa shape index (κ1) is 14.4. The molecule has 0 amide bonds. The molecule has 2 rings (SSSR count). The van der Waals surface area contributed by atoms with E-state index in [-0.39, 0.29) is 0 Å². The molecule has 2 aromatic carbocycles. The summed E-state index contributed by atoms with van der Waals surface area (Å²) in [5.74, 6) is 0.0229. The molecule has 1 atom stereocenters. The normalized spacial score (nSPS) is 11.7. The van der Waals surface area contributed by atoms with Crippen LogP contribution in [0, 0.1) is 0 Å². The van der Waals surface area contributed by atoms with Crippen LogP contribution in [0.1, 0.15) is 18.6 Å². The lowest BCUT2D eigenvalue weighted by atomic mass is 10.1. The Balaban J connectivity index is 2.28. The van der Waals surface area contributed by atoms with Crippen molar-refractivity contribution < 1.29 is 14.3 Å². The topological polar surface area (TPSA) is 35.5 Å². The molecular weight excluding hydrogens is 276 g/mol. The summed E-state index contributed by atoms with van der Waals surface area (Å²) >= 11 is 6.06. The Morgan fingerprint density at radius 1 is 1.10 bits per heavy atom. The van der Waals surface area contributed by atoms with Gasteiger partial charge in [0.05, 0.1) is 11.6 Å². The van der Waals surface area contributed by atoms with E-state index in [2.05, 4.69) is 0 Å². The summed E-state index contributed by atoms with van der Waals surface area (Å²) in [4.78, 5) is 12.1. The van der Waals surface area contributed by atoms with Crippen LogP contribution in [-0.2, 0) is 9.53 Å². The lowest BCUT2D eigenvalue weighted by Crippen LogP contribution is -2.21. The first-order chi connectivity index (χ1) is 9.72. The summed E-state index contributed by atoms with van der Waals surface area (Å²) < 4.78 is 10.8. The van der Waals surface area contributed by atoms with E-state index in [0.29, 0.717) is 17.4 Å². The van der Waals surface area contributed by atoms with E-state index < -0.39 is 12.1 Å². The van der Waals surface area contributed by atoms with Gasteiger partial charge in [0.1, 0.15) is 5.75 Å². The largest absolute Gasteiger partial charge is 0.472 e. The van der Waals surface area contributed by atoms with Gasteiger partial charge in [0, 0.05) is 5.56 Å². The summed E-state index contributed by atoms with van der Waals surface area (Å²) in [6.07, 6.45) is -0.823. The number of hydrogen-bond acceptors (Lipinski definition) is 3. The van der Waals surface area contributed by atoms with Crippen LogP contribution in [0.4, 0.5) is 0 Å². The van der Waals surface area contributed by atoms with Crippen LogP contribution >= 0.6 is 11.6 Å². The number of carbonyl (C=O) groups is 1. The van der Waals surface area contributed by atoms with Gasteiger partial charge < -0.3 is 9.47 Å². The SMILES string of the molecule is CCOC(=O)C(Oc1ccccc1Cl)c1ccccc1. The molecule has 4 heteroatoms. The zero-order chi connectivity index (χ0) is 14.4. The molecular formula is C16H15ClO3. The van der Waals surface area contributed by atoms with Crippen molar-refractivity contribution in [3.05, 3.63) is 65.2 Å². The number of halogens is 1. The minimum atomic E-state index is -0.823. The van der Waals surface area contributed by atoms with Gasteiger partial charge in [0.2, 0.25) is 6.10 Å². The smallest absolute Gasteiger partial charge is 0.352 e. The first-order valence-corrected chi connectivity index (χ1v) is 6.73. The molecule has 3 nitrogen and oxygen atoms in total. The predicted octanol–water partition coefficient (Wildman–Crippen LogP) is 4.02. The van der Waals surface area contributed by atoms with Crippen molar-refractivity contribution >= 4 is 17.6 Å². The molecule has 2 aromatic rings. The molecule has 0 aliphatic rings. The summed E-state index contributed by atoms with van der Waals surface area (Å²) in [6.45, 7) is 2.06. The Bertz CT molecular complexity index is 569. The van der Waals surface area contributed by atoms with E-state index >= 15 is 0 Å². The second kappa shape index (κ2) is 6.96. The predicted molar refractivity (Wildman–Crippen MR) is 77.9 cm³/mol. The number of rotatable bonds is 5. The van der Waals surface area contributed by atoms with Crippen molar-refractivity contribution in [2.24, 2.45) is 0 Å². The number of para-hydroxylation sites is 1. The average molecular weight is 291 g/mol. The van der Waals surface area contributed by atoms with Crippen LogP contribution in [-0.4, -0.2) is 12.6 Å². The van der Waals surface area contributed by atoms with Gasteiger partial charge in [-0.2, -0.15) is 0 Å². The Morgan fingerprint density at radius 2 is 1.75 bits per heavy atom. The quantitative estimate of drug-likeness (QED) is 0.780. The van der Waals surface area contributed by atoms with Crippen molar-refractivity contribution in [1.29, 1.82) is 0 Å². The van der Waals surface area contributed by atoms with Gasteiger partial charge in [-0.25, -0.2) is 4.79 Å². The highest BCUT2D eigenvalue weighted by Gasteiger charge is 2.24. The minimum absolute atomic E-state index is 0.300. The van der Waals surface area contributed by atoms with Crippen LogP contribution in [0.3, 0.4) is 0 Å². The zero-order valence-electron chi connectivity index (χ0n) is 11.1. The molecule has 0 N–H and O–H groups in total. The van der Waals surface area contributed by atoms with Gasteiger partial charge in [-0.05, 0) is 19.1 Å². The van der Waals surface area contributed by atoms with Crippen LogP contribution in [0.2, 0.25) is 5.02 Å². The minimum Gasteiger partial charge on any atom is -0.472 e. The molecule has 0 aliphatic heterocycles. The van der Waals surface area contributed by atoms with E-state index in [1.54, 1.807) is 31.2 Å². The van der Waals surface area contributed by atoms with Gasteiger partial charge in [-0.1, -0.05) is 54.1 Å². The van der Waals surface area contributed by atoms with Crippen molar-refractivity contribution in [2.75, 3.05) is 6.61 Å². The number of benzene rings is 2. The molecule has 0 heterocycles. The Morgan fingerprint density at radius 3 is 2.40 bits per heavy atom. The first-order valence-electron chi connectivity index (χ1n) is 6.35. The number of esters is 1. The van der Waals surface area contributed by atoms with E-state index in [1.807, 2.05) is 30.3 Å². The lowest BCUT2D eigenvalue weighted by molar-refractivity contribution is -0.151. The molecule has 0 saturated heterocycles. The van der Waals surface area contributed by atoms with Crippen LogP contribution in [0.5, 0.6) is 5.75 Å². The summed E-state index contributed by atoms with van der Waals surface area (Å²) in [7, 11) is 0. The van der Waals surface area contributed by atoms with Gasteiger partial charge >= 0.3 is 5.97 Å². The molecule has 0 radical (unpaired) electrons. The fourth-order valence-electron chi connectivity index (χ4n) is 1.77. The van der Waals surface area contributed by atoms with Gasteiger partial charge in [-0.15, -0.1) is 0 Å². The van der Waals surface area contributed by atoms with Crippen molar-refractivity contribution in [3.63, 3.8) is 0 Å². The maximum Gasteiger partial charge on any atom is 0.352 e. The summed E-state index contributed by atoms with van der Waals surface area (Å²) in [6, 6.07) is 16.2. The molecule has 0 aromatic heterocycles. The second-order valence-electron chi connectivity index (χ2n) is 4.09. The maximum atomic E-state index is 12.1. The van der Waals surface area contributed by atoms with E-state index in [1.165, 1.54) is 0 Å². The van der Waals surface area contributed by atoms with Gasteiger partial charge in [0.25, 0.3) is 0 Å². The fourth-order valence-corrected chi connectivity index (χ4v) is 1.95. The molecule has 1 unspecified atom stereocenters. The van der Waals surface area contributed by atoms with E-state index in [9.17, 15) is 4.79 Å². The summed E-state index contributed by atoms with van der Waals surface area (Å²) in [5, 5.41) is 0.456. The van der Waals surface area contributed by atoms with Crippen LogP contribution in [0.15, 0.2) is 54.6 Å². The highest BCUT2D eigenvalue weighted by Crippen LogP contribution is 2.29. The molecule has 0 bridgehead atoms. The third-order valence-corrected chi connectivity index (χ3v) is 3.00. The Kier molecular flexibility index (Phi) is 5.02. The number of hydrogen-bond donors (Lipinski definition) is 0. The fraction of sp³-hybridized carbons (Fsp3) is 0.188. The second-order valence-corrected chi connectivity index (χ2v) is 4.50. The van der Waals surface area contributed by atoms with Crippen molar-refractivity contribution in [2.45, 2.75) is 13.0 Å². The molecule has 0 aliphatic carbocycles. The van der Waals surface area contributed by atoms with Crippen molar-refractivity contribution in [1.82, 2.24) is 0 Å². The molecule has 0 spiro atoms. The molecule has 0 fully saturated rings. The number of carbonyl (C=O) groups excluding carboxylic acids is 1. The highest BCUT2D eigenvalue weighted by molar-refractivity contribution is 6.32. The molecule has 0 saturated carbocycles. The summed E-state index contributed by atoms with van der Waals surface area (Å²) in [5.41, 5.74) is 0.728. The van der Waals surface area contributed by atoms with Gasteiger partial charge in [-0.3, -0.25) is 0 Å². The van der Waals surface area contributed by atoms with E-state index in [4.69, 9.17) is 21.1 Å². The van der Waals surface area contributed by atoms with Crippen LogP contribution < -0.4 is 4.74 Å². The van der Waals surface area contributed by atoms with E-state index in [0.717, 1.165) is 5.56 Å². The average Bonchev–Trinajstić information content (AvgIpc) is 2.47. The third kappa shape index (κ3) is 3.52. The maximum absolute atomic E-state index is 12.1. The third-order valence-electron chi connectivity index (χ3n) is 2.68.